The van der Waals surface area contributed by atoms with E-state index in [2.05, 4.69) is 0 Å². The highest BCUT2D eigenvalue weighted by atomic mass is 16.4. The minimum atomic E-state index is -0.892. The van der Waals surface area contributed by atoms with Gasteiger partial charge in [0.1, 0.15) is 6.04 Å². The maximum atomic E-state index is 11.9. The number of amides is 2. The number of likely N-dealkylation sites (tertiary alicyclic amines) is 2. The highest BCUT2D eigenvalue weighted by Gasteiger charge is 2.33. The summed E-state index contributed by atoms with van der Waals surface area (Å²) >= 11 is 0. The topological polar surface area (TPSA) is 81.2 Å². The van der Waals surface area contributed by atoms with Crippen molar-refractivity contribution in [2.24, 2.45) is 5.92 Å². The molecule has 0 aromatic heterocycles. The number of hydrogen-bond donors (Lipinski definition) is 1. The number of carboxylic acids is 1. The summed E-state index contributed by atoms with van der Waals surface area (Å²) in [6.07, 6.45) is 3.19. The summed E-state index contributed by atoms with van der Waals surface area (Å²) in [5.41, 5.74) is 0. The van der Waals surface area contributed by atoms with Crippen LogP contribution >= 0.6 is 0 Å². The summed E-state index contributed by atoms with van der Waals surface area (Å²) < 4.78 is 0. The van der Waals surface area contributed by atoms with E-state index < -0.39 is 12.0 Å². The number of nitrogens with zero attached hydrogens (tertiary/aromatic N) is 3. The normalized spacial score (nSPS) is 20.2. The molecule has 0 radical (unpaired) electrons. The van der Waals surface area contributed by atoms with Crippen LogP contribution in [-0.2, 0) is 14.4 Å². The average molecular weight is 325 g/mol. The van der Waals surface area contributed by atoms with Crippen LogP contribution in [0.1, 0.15) is 46.0 Å². The van der Waals surface area contributed by atoms with Crippen molar-refractivity contribution in [3.05, 3.63) is 0 Å². The Morgan fingerprint density at radius 2 is 1.57 bits per heavy atom. The number of carboxylic acid groups (broad SMARTS) is 1. The molecular formula is C16H27N3O4. The zero-order valence-electron chi connectivity index (χ0n) is 14.0. The van der Waals surface area contributed by atoms with E-state index in [1.807, 2.05) is 13.8 Å². The summed E-state index contributed by atoms with van der Waals surface area (Å²) in [5.74, 6) is -0.535. The Morgan fingerprint density at radius 1 is 1.09 bits per heavy atom. The first-order valence-corrected chi connectivity index (χ1v) is 8.41. The maximum Gasteiger partial charge on any atom is 0.321 e. The van der Waals surface area contributed by atoms with Gasteiger partial charge in [0, 0.05) is 25.9 Å². The first-order chi connectivity index (χ1) is 10.9. The summed E-state index contributed by atoms with van der Waals surface area (Å²) in [6, 6.07) is -0.684. The molecule has 0 aromatic rings. The van der Waals surface area contributed by atoms with Crippen LogP contribution in [0.2, 0.25) is 0 Å². The van der Waals surface area contributed by atoms with Crippen LogP contribution in [0.25, 0.3) is 0 Å². The lowest BCUT2D eigenvalue weighted by Gasteiger charge is -2.35. The second-order valence-corrected chi connectivity index (χ2v) is 6.88. The van der Waals surface area contributed by atoms with Crippen LogP contribution in [0, 0.1) is 5.92 Å². The third kappa shape index (κ3) is 4.67. The van der Waals surface area contributed by atoms with Crippen molar-refractivity contribution in [2.75, 3.05) is 26.4 Å². The van der Waals surface area contributed by atoms with Gasteiger partial charge in [-0.25, -0.2) is 0 Å². The molecule has 7 nitrogen and oxygen atoms in total. The Hall–Kier alpha value is -1.63. The van der Waals surface area contributed by atoms with Crippen LogP contribution < -0.4 is 0 Å². The Morgan fingerprint density at radius 3 is 1.87 bits per heavy atom. The third-order valence-electron chi connectivity index (χ3n) is 4.47. The van der Waals surface area contributed by atoms with Gasteiger partial charge in [-0.3, -0.25) is 19.3 Å². The van der Waals surface area contributed by atoms with Crippen molar-refractivity contribution in [1.82, 2.24) is 14.7 Å². The van der Waals surface area contributed by atoms with Crippen molar-refractivity contribution >= 4 is 17.8 Å². The SMILES string of the molecule is CC(C)C[C@@H](C(=O)O)N(CN1CCCC1=O)CN1CCCC1=O. The predicted molar refractivity (Wildman–Crippen MR) is 84.3 cm³/mol. The molecule has 7 heteroatoms. The quantitative estimate of drug-likeness (QED) is 0.718. The largest absolute Gasteiger partial charge is 0.480 e. The van der Waals surface area contributed by atoms with E-state index in [4.69, 9.17) is 0 Å². The Kier molecular flexibility index (Phi) is 5.98. The smallest absolute Gasteiger partial charge is 0.321 e. The molecule has 1 atom stereocenters. The van der Waals surface area contributed by atoms with Crippen molar-refractivity contribution in [3.63, 3.8) is 0 Å². The Balaban J connectivity index is 2.12. The standard InChI is InChI=1S/C16H27N3O4/c1-12(2)9-13(16(22)23)19(10-17-7-3-5-14(17)20)11-18-8-4-6-15(18)21/h12-13H,3-11H2,1-2H3,(H,22,23)/t13-/m0/s1. The van der Waals surface area contributed by atoms with Crippen LogP contribution in [0.5, 0.6) is 0 Å². The lowest BCUT2D eigenvalue weighted by Crippen LogP contribution is -2.52. The highest BCUT2D eigenvalue weighted by Crippen LogP contribution is 2.19. The molecule has 0 aromatic carbocycles. The minimum absolute atomic E-state index is 0.0661. The molecule has 2 saturated heterocycles. The van der Waals surface area contributed by atoms with Gasteiger partial charge in [0.15, 0.2) is 0 Å². The number of hydrogen-bond acceptors (Lipinski definition) is 4. The molecule has 0 bridgehead atoms. The molecule has 2 rings (SSSR count). The third-order valence-corrected chi connectivity index (χ3v) is 4.47. The number of aliphatic carboxylic acids is 1. The van der Waals surface area contributed by atoms with Gasteiger partial charge < -0.3 is 14.9 Å². The maximum absolute atomic E-state index is 11.9. The van der Waals surface area contributed by atoms with Gasteiger partial charge in [-0.2, -0.15) is 0 Å². The van der Waals surface area contributed by atoms with Crippen molar-refractivity contribution in [1.29, 1.82) is 0 Å². The van der Waals surface area contributed by atoms with Crippen molar-refractivity contribution < 1.29 is 19.5 Å². The van der Waals surface area contributed by atoms with E-state index in [1.54, 1.807) is 14.7 Å². The molecule has 2 heterocycles. The molecule has 2 amide bonds. The Bertz CT molecular complexity index is 438. The van der Waals surface area contributed by atoms with Gasteiger partial charge in [-0.1, -0.05) is 13.8 Å². The second-order valence-electron chi connectivity index (χ2n) is 6.88. The molecule has 2 aliphatic heterocycles. The lowest BCUT2D eigenvalue weighted by molar-refractivity contribution is -0.149. The molecular weight excluding hydrogens is 298 g/mol. The minimum Gasteiger partial charge on any atom is -0.480 e. The second kappa shape index (κ2) is 7.77. The molecule has 0 spiro atoms. The predicted octanol–water partition coefficient (Wildman–Crippen LogP) is 0.948. The van der Waals surface area contributed by atoms with Gasteiger partial charge in [-0.05, 0) is 25.2 Å². The van der Waals surface area contributed by atoms with E-state index in [0.717, 1.165) is 12.8 Å². The number of rotatable bonds is 8. The molecule has 0 unspecified atom stereocenters. The molecule has 23 heavy (non-hydrogen) atoms. The average Bonchev–Trinajstić information content (AvgIpc) is 3.05. The lowest BCUT2D eigenvalue weighted by atomic mass is 10.0. The zero-order valence-corrected chi connectivity index (χ0v) is 14.0. The van der Waals surface area contributed by atoms with Crippen LogP contribution in [0.15, 0.2) is 0 Å². The summed E-state index contributed by atoms with van der Waals surface area (Å²) in [7, 11) is 0. The molecule has 1 N–H and O–H groups in total. The van der Waals surface area contributed by atoms with E-state index in [1.165, 1.54) is 0 Å². The van der Waals surface area contributed by atoms with Gasteiger partial charge >= 0.3 is 5.97 Å². The summed E-state index contributed by atoms with van der Waals surface area (Å²) in [6.45, 7) is 5.86. The van der Waals surface area contributed by atoms with Crippen LogP contribution in [-0.4, -0.2) is 70.1 Å². The summed E-state index contributed by atoms with van der Waals surface area (Å²) in [5, 5.41) is 9.62. The summed E-state index contributed by atoms with van der Waals surface area (Å²) in [4.78, 5) is 40.7. The molecule has 2 aliphatic rings. The highest BCUT2D eigenvalue weighted by molar-refractivity contribution is 5.79. The monoisotopic (exact) mass is 325 g/mol. The van der Waals surface area contributed by atoms with E-state index in [-0.39, 0.29) is 31.1 Å². The van der Waals surface area contributed by atoms with Gasteiger partial charge in [0.25, 0.3) is 0 Å². The van der Waals surface area contributed by atoms with Crippen LogP contribution in [0.4, 0.5) is 0 Å². The zero-order chi connectivity index (χ0) is 17.0. The number of carbonyl (C=O) groups is 3. The molecule has 0 aliphatic carbocycles. The fourth-order valence-corrected chi connectivity index (χ4v) is 3.24. The van der Waals surface area contributed by atoms with Gasteiger partial charge in [-0.15, -0.1) is 0 Å². The molecule has 130 valence electrons. The fraction of sp³-hybridized carbons (Fsp3) is 0.812. The number of carbonyl (C=O) groups excluding carboxylic acids is 2. The first-order valence-electron chi connectivity index (χ1n) is 8.41. The van der Waals surface area contributed by atoms with Gasteiger partial charge in [0.2, 0.25) is 11.8 Å². The Labute approximate surface area is 137 Å². The molecule has 2 fully saturated rings. The van der Waals surface area contributed by atoms with Crippen LogP contribution in [0.3, 0.4) is 0 Å². The van der Waals surface area contributed by atoms with E-state index >= 15 is 0 Å². The van der Waals surface area contributed by atoms with Crippen molar-refractivity contribution in [2.45, 2.75) is 52.0 Å². The van der Waals surface area contributed by atoms with E-state index in [9.17, 15) is 19.5 Å². The van der Waals surface area contributed by atoms with Gasteiger partial charge in [0.05, 0.1) is 13.3 Å². The fourth-order valence-electron chi connectivity index (χ4n) is 3.24. The van der Waals surface area contributed by atoms with E-state index in [0.29, 0.717) is 32.4 Å². The molecule has 0 saturated carbocycles. The first kappa shape index (κ1) is 17.7. The van der Waals surface area contributed by atoms with Crippen molar-refractivity contribution in [3.8, 4) is 0 Å².